The fourth-order valence-corrected chi connectivity index (χ4v) is 2.15. The van der Waals surface area contributed by atoms with Crippen LogP contribution >= 0.6 is 11.6 Å². The number of nitrogens with zero attached hydrogens (tertiary/aromatic N) is 2. The van der Waals surface area contributed by atoms with Crippen molar-refractivity contribution < 1.29 is 0 Å². The number of aromatic nitrogens is 2. The van der Waals surface area contributed by atoms with Crippen molar-refractivity contribution in [3.63, 3.8) is 0 Å². The molecule has 5 heteroatoms. The third-order valence-electron chi connectivity index (χ3n) is 3.09. The lowest BCUT2D eigenvalue weighted by Crippen LogP contribution is -2.09. The van der Waals surface area contributed by atoms with Crippen LogP contribution in [0.25, 0.3) is 0 Å². The lowest BCUT2D eigenvalue weighted by Gasteiger charge is -2.10. The number of halogens is 1. The molecule has 112 valence electrons. The van der Waals surface area contributed by atoms with Gasteiger partial charge in [-0.15, -0.1) is 0 Å². The molecule has 0 saturated carbocycles. The summed E-state index contributed by atoms with van der Waals surface area (Å²) in [5.74, 6) is 1.48. The number of hydrogen-bond acceptors (Lipinski definition) is 4. The summed E-state index contributed by atoms with van der Waals surface area (Å²) in [6.07, 6.45) is 2.26. The molecule has 2 rings (SSSR count). The molecule has 1 aromatic carbocycles. The molecule has 4 nitrogen and oxygen atoms in total. The predicted molar refractivity (Wildman–Crippen MR) is 88.9 cm³/mol. The van der Waals surface area contributed by atoms with Gasteiger partial charge in [0.1, 0.15) is 5.82 Å². The Bertz CT molecular complexity index is 586. The Morgan fingerprint density at radius 1 is 1.14 bits per heavy atom. The van der Waals surface area contributed by atoms with Crippen LogP contribution in [0, 0.1) is 6.92 Å². The zero-order valence-corrected chi connectivity index (χ0v) is 13.2. The topological polar surface area (TPSA) is 49.8 Å². The van der Waals surface area contributed by atoms with Crippen LogP contribution in [0.5, 0.6) is 0 Å². The molecule has 1 heterocycles. The molecule has 0 atom stereocenters. The molecule has 2 aromatic rings. The maximum atomic E-state index is 6.15. The zero-order chi connectivity index (χ0) is 15.1. The summed E-state index contributed by atoms with van der Waals surface area (Å²) >= 11 is 6.15. The van der Waals surface area contributed by atoms with Crippen LogP contribution in [-0.4, -0.2) is 16.5 Å². The van der Waals surface area contributed by atoms with E-state index in [9.17, 15) is 0 Å². The van der Waals surface area contributed by atoms with Gasteiger partial charge in [-0.2, -0.15) is 4.98 Å². The van der Waals surface area contributed by atoms with Crippen molar-refractivity contribution in [3.05, 3.63) is 46.6 Å². The maximum absolute atomic E-state index is 6.15. The molecule has 0 aliphatic rings. The Labute approximate surface area is 131 Å². The van der Waals surface area contributed by atoms with Gasteiger partial charge in [0.15, 0.2) is 0 Å². The smallest absolute Gasteiger partial charge is 0.224 e. The fraction of sp³-hybridized carbons (Fsp3) is 0.375. The molecule has 0 aliphatic carbocycles. The first-order valence-corrected chi connectivity index (χ1v) is 7.63. The molecule has 0 fully saturated rings. The second-order valence-corrected chi connectivity index (χ2v) is 5.35. The molecule has 2 N–H and O–H groups in total. The Balaban J connectivity index is 2.01. The lowest BCUT2D eigenvalue weighted by molar-refractivity contribution is 0.825. The van der Waals surface area contributed by atoms with Crippen LogP contribution in [-0.2, 0) is 6.54 Å². The SMILES string of the molecule is CCCCNc1nc(C)cc(NCc2ccccc2Cl)n1. The molecule has 0 saturated heterocycles. The van der Waals surface area contributed by atoms with E-state index in [-0.39, 0.29) is 0 Å². The molecule has 0 bridgehead atoms. The molecular weight excluding hydrogens is 284 g/mol. The summed E-state index contributed by atoms with van der Waals surface area (Å²) in [6, 6.07) is 9.73. The summed E-state index contributed by atoms with van der Waals surface area (Å²) in [5.41, 5.74) is 1.99. The van der Waals surface area contributed by atoms with Crippen molar-refractivity contribution in [1.82, 2.24) is 9.97 Å². The van der Waals surface area contributed by atoms with Gasteiger partial charge >= 0.3 is 0 Å². The fourth-order valence-electron chi connectivity index (χ4n) is 1.94. The molecule has 0 amide bonds. The lowest BCUT2D eigenvalue weighted by atomic mass is 10.2. The largest absolute Gasteiger partial charge is 0.366 e. The summed E-state index contributed by atoms with van der Waals surface area (Å²) < 4.78 is 0. The highest BCUT2D eigenvalue weighted by Gasteiger charge is 2.03. The van der Waals surface area contributed by atoms with Gasteiger partial charge in [0.2, 0.25) is 5.95 Å². The minimum atomic E-state index is 0.643. The van der Waals surface area contributed by atoms with E-state index in [1.54, 1.807) is 0 Å². The van der Waals surface area contributed by atoms with E-state index in [4.69, 9.17) is 11.6 Å². The van der Waals surface area contributed by atoms with E-state index in [0.29, 0.717) is 12.5 Å². The summed E-state index contributed by atoms with van der Waals surface area (Å²) in [6.45, 7) is 5.66. The summed E-state index contributed by atoms with van der Waals surface area (Å²) in [4.78, 5) is 8.86. The zero-order valence-electron chi connectivity index (χ0n) is 12.5. The second kappa shape index (κ2) is 7.84. The number of aryl methyl sites for hydroxylation is 1. The number of nitrogens with one attached hydrogen (secondary N) is 2. The van der Waals surface area contributed by atoms with Crippen LogP contribution in [0.15, 0.2) is 30.3 Å². The van der Waals surface area contributed by atoms with Crippen LogP contribution in [0.2, 0.25) is 5.02 Å². The molecule has 0 radical (unpaired) electrons. The van der Waals surface area contributed by atoms with Gasteiger partial charge in [0, 0.05) is 29.9 Å². The predicted octanol–water partition coefficient (Wildman–Crippen LogP) is 4.26. The summed E-state index contributed by atoms with van der Waals surface area (Å²) in [7, 11) is 0. The standard InChI is InChI=1S/C16H21ClN4/c1-3-4-9-18-16-20-12(2)10-15(21-16)19-11-13-7-5-6-8-14(13)17/h5-8,10H,3-4,9,11H2,1-2H3,(H2,18,19,20,21). The first-order valence-electron chi connectivity index (χ1n) is 7.26. The molecule has 1 aromatic heterocycles. The van der Waals surface area contributed by atoms with Crippen molar-refractivity contribution in [2.45, 2.75) is 33.2 Å². The molecule has 0 aliphatic heterocycles. The maximum Gasteiger partial charge on any atom is 0.224 e. The number of anilines is 2. The Morgan fingerprint density at radius 2 is 1.95 bits per heavy atom. The molecule has 0 unspecified atom stereocenters. The van der Waals surface area contributed by atoms with E-state index >= 15 is 0 Å². The minimum Gasteiger partial charge on any atom is -0.366 e. The summed E-state index contributed by atoms with van der Waals surface area (Å²) in [5, 5.41) is 7.31. The average molecular weight is 305 g/mol. The van der Waals surface area contributed by atoms with Gasteiger partial charge in [0.05, 0.1) is 0 Å². The van der Waals surface area contributed by atoms with E-state index in [1.165, 1.54) is 0 Å². The van der Waals surface area contributed by atoms with Crippen molar-refractivity contribution >= 4 is 23.4 Å². The van der Waals surface area contributed by atoms with Crippen LogP contribution in [0.4, 0.5) is 11.8 Å². The van der Waals surface area contributed by atoms with Crippen molar-refractivity contribution in [1.29, 1.82) is 0 Å². The monoisotopic (exact) mass is 304 g/mol. The second-order valence-electron chi connectivity index (χ2n) is 4.94. The molecular formula is C16H21ClN4. The van der Waals surface area contributed by atoms with E-state index < -0.39 is 0 Å². The molecule has 21 heavy (non-hydrogen) atoms. The van der Waals surface area contributed by atoms with E-state index in [1.807, 2.05) is 37.3 Å². The average Bonchev–Trinajstić information content (AvgIpc) is 2.46. The first-order chi connectivity index (χ1) is 10.2. The van der Waals surface area contributed by atoms with Gasteiger partial charge in [0.25, 0.3) is 0 Å². The normalized spacial score (nSPS) is 10.4. The van der Waals surface area contributed by atoms with Crippen LogP contribution in [0.3, 0.4) is 0 Å². The van der Waals surface area contributed by atoms with Crippen molar-refractivity contribution in [2.75, 3.05) is 17.2 Å². The number of benzene rings is 1. The number of rotatable bonds is 7. The number of unbranched alkanes of at least 4 members (excludes halogenated alkanes) is 1. The highest BCUT2D eigenvalue weighted by atomic mass is 35.5. The highest BCUT2D eigenvalue weighted by molar-refractivity contribution is 6.31. The Hall–Kier alpha value is -1.81. The van der Waals surface area contributed by atoms with Crippen LogP contribution < -0.4 is 10.6 Å². The Kier molecular flexibility index (Phi) is 5.81. The van der Waals surface area contributed by atoms with Crippen LogP contribution in [0.1, 0.15) is 31.0 Å². The quantitative estimate of drug-likeness (QED) is 0.750. The van der Waals surface area contributed by atoms with E-state index in [0.717, 1.165) is 41.5 Å². The van der Waals surface area contributed by atoms with Crippen molar-refractivity contribution in [3.8, 4) is 0 Å². The third kappa shape index (κ3) is 4.90. The van der Waals surface area contributed by atoms with E-state index in [2.05, 4.69) is 27.5 Å². The number of hydrogen-bond donors (Lipinski definition) is 2. The minimum absolute atomic E-state index is 0.643. The van der Waals surface area contributed by atoms with Gasteiger partial charge in [-0.25, -0.2) is 4.98 Å². The van der Waals surface area contributed by atoms with Crippen molar-refractivity contribution in [2.24, 2.45) is 0 Å². The highest BCUT2D eigenvalue weighted by Crippen LogP contribution is 2.17. The van der Waals surface area contributed by atoms with Gasteiger partial charge in [-0.1, -0.05) is 43.1 Å². The van der Waals surface area contributed by atoms with Gasteiger partial charge in [-0.05, 0) is 25.0 Å². The van der Waals surface area contributed by atoms with Gasteiger partial charge in [-0.3, -0.25) is 0 Å². The molecule has 0 spiro atoms. The van der Waals surface area contributed by atoms with Gasteiger partial charge < -0.3 is 10.6 Å². The first kappa shape index (κ1) is 15.6. The Morgan fingerprint density at radius 3 is 2.71 bits per heavy atom. The third-order valence-corrected chi connectivity index (χ3v) is 3.45.